The fourth-order valence-electron chi connectivity index (χ4n) is 2.51. The predicted molar refractivity (Wildman–Crippen MR) is 64.8 cm³/mol. The van der Waals surface area contributed by atoms with Crippen molar-refractivity contribution in [1.29, 1.82) is 0 Å². The molecular weight excluding hydrogens is 218 g/mol. The van der Waals surface area contributed by atoms with Gasteiger partial charge in [-0.2, -0.15) is 0 Å². The molecule has 0 saturated heterocycles. The molecule has 2 saturated carbocycles. The molecular formula is C13H21NO3. The summed E-state index contributed by atoms with van der Waals surface area (Å²) in [5.74, 6) is -0.00765. The van der Waals surface area contributed by atoms with E-state index in [2.05, 4.69) is 5.16 Å². The normalized spacial score (nSPS) is 31.1. The van der Waals surface area contributed by atoms with Gasteiger partial charge < -0.3 is 9.94 Å². The van der Waals surface area contributed by atoms with Crippen LogP contribution in [0, 0.1) is 23.2 Å². The quantitative estimate of drug-likeness (QED) is 0.572. The summed E-state index contributed by atoms with van der Waals surface area (Å²) in [7, 11) is 0. The van der Waals surface area contributed by atoms with Crippen LogP contribution in [0.4, 0.5) is 0 Å². The van der Waals surface area contributed by atoms with Gasteiger partial charge in [0.15, 0.2) is 0 Å². The first-order valence-electron chi connectivity index (χ1n) is 6.31. The number of carboxylic acids is 1. The van der Waals surface area contributed by atoms with Gasteiger partial charge >= 0.3 is 5.97 Å². The van der Waals surface area contributed by atoms with Crippen LogP contribution in [0.3, 0.4) is 0 Å². The van der Waals surface area contributed by atoms with E-state index in [1.807, 2.05) is 20.8 Å². The van der Waals surface area contributed by atoms with Crippen molar-refractivity contribution >= 4 is 11.7 Å². The highest BCUT2D eigenvalue weighted by molar-refractivity contribution is 5.84. The highest BCUT2D eigenvalue weighted by Crippen LogP contribution is 2.60. The maximum Gasteiger partial charge on any atom is 0.307 e. The van der Waals surface area contributed by atoms with Gasteiger partial charge in [-0.3, -0.25) is 4.79 Å². The fraction of sp³-hybridized carbons (Fsp3) is 0.846. The second-order valence-corrected chi connectivity index (χ2v) is 6.01. The van der Waals surface area contributed by atoms with Crippen molar-refractivity contribution in [3.8, 4) is 0 Å². The number of hydrogen-bond donors (Lipinski definition) is 1. The standard InChI is InChI=1S/C13H21NO3/c1-8(14-17-7-9-4-5-9)6-10-11(12(15)16)13(10,2)3/h9-11H,4-7H2,1-3H3,(H,15,16)/b14-8-/t10?,11-/m0/s1. The van der Waals surface area contributed by atoms with Crippen LogP contribution in [0.2, 0.25) is 0 Å². The summed E-state index contributed by atoms with van der Waals surface area (Å²) >= 11 is 0. The Kier molecular flexibility index (Phi) is 3.15. The minimum Gasteiger partial charge on any atom is -0.481 e. The van der Waals surface area contributed by atoms with E-state index in [1.54, 1.807) is 0 Å². The van der Waals surface area contributed by atoms with E-state index >= 15 is 0 Å². The lowest BCUT2D eigenvalue weighted by Crippen LogP contribution is -2.03. The summed E-state index contributed by atoms with van der Waals surface area (Å²) in [6.07, 6.45) is 3.24. The summed E-state index contributed by atoms with van der Waals surface area (Å²) in [6, 6.07) is 0. The van der Waals surface area contributed by atoms with Crippen LogP contribution in [0.5, 0.6) is 0 Å². The minimum atomic E-state index is -0.688. The third-order valence-electron chi connectivity index (χ3n) is 4.06. The van der Waals surface area contributed by atoms with Crippen LogP contribution < -0.4 is 0 Å². The van der Waals surface area contributed by atoms with Crippen molar-refractivity contribution in [2.75, 3.05) is 6.61 Å². The molecule has 0 aromatic rings. The van der Waals surface area contributed by atoms with E-state index in [4.69, 9.17) is 9.94 Å². The highest BCUT2D eigenvalue weighted by atomic mass is 16.6. The summed E-state index contributed by atoms with van der Waals surface area (Å²) in [4.78, 5) is 16.3. The van der Waals surface area contributed by atoms with Crippen molar-refractivity contribution in [3.05, 3.63) is 0 Å². The van der Waals surface area contributed by atoms with E-state index in [-0.39, 0.29) is 17.3 Å². The molecule has 0 heterocycles. The Morgan fingerprint density at radius 1 is 1.47 bits per heavy atom. The molecule has 0 bridgehead atoms. The Balaban J connectivity index is 1.78. The van der Waals surface area contributed by atoms with Crippen LogP contribution in [-0.2, 0) is 9.63 Å². The van der Waals surface area contributed by atoms with Crippen molar-refractivity contribution in [2.24, 2.45) is 28.3 Å². The Labute approximate surface area is 102 Å². The average molecular weight is 239 g/mol. The lowest BCUT2D eigenvalue weighted by molar-refractivity contribution is -0.139. The second kappa shape index (κ2) is 4.31. The molecule has 0 amide bonds. The number of rotatable bonds is 6. The van der Waals surface area contributed by atoms with Crippen LogP contribution in [0.25, 0.3) is 0 Å². The van der Waals surface area contributed by atoms with Gasteiger partial charge in [0.1, 0.15) is 6.61 Å². The topological polar surface area (TPSA) is 58.9 Å². The summed E-state index contributed by atoms with van der Waals surface area (Å²) in [6.45, 7) is 6.65. The Hall–Kier alpha value is -1.06. The lowest BCUT2D eigenvalue weighted by Gasteiger charge is -2.02. The molecule has 4 heteroatoms. The predicted octanol–water partition coefficient (Wildman–Crippen LogP) is 2.54. The van der Waals surface area contributed by atoms with Gasteiger partial charge in [0.2, 0.25) is 0 Å². The molecule has 0 aromatic carbocycles. The van der Waals surface area contributed by atoms with Gasteiger partial charge in [-0.25, -0.2) is 0 Å². The van der Waals surface area contributed by atoms with E-state index < -0.39 is 5.97 Å². The maximum atomic E-state index is 11.0. The monoisotopic (exact) mass is 239 g/mol. The smallest absolute Gasteiger partial charge is 0.307 e. The molecule has 2 fully saturated rings. The van der Waals surface area contributed by atoms with Crippen molar-refractivity contribution < 1.29 is 14.7 Å². The Morgan fingerprint density at radius 3 is 2.59 bits per heavy atom. The van der Waals surface area contributed by atoms with Crippen molar-refractivity contribution in [1.82, 2.24) is 0 Å². The second-order valence-electron chi connectivity index (χ2n) is 6.01. The van der Waals surface area contributed by atoms with Crippen LogP contribution in [0.1, 0.15) is 40.0 Å². The van der Waals surface area contributed by atoms with Gasteiger partial charge in [0.05, 0.1) is 11.6 Å². The molecule has 0 spiro atoms. The zero-order chi connectivity index (χ0) is 12.6. The molecule has 0 aromatic heterocycles. The highest BCUT2D eigenvalue weighted by Gasteiger charge is 2.61. The summed E-state index contributed by atoms with van der Waals surface area (Å²) in [5.41, 5.74) is 0.812. The Morgan fingerprint density at radius 2 is 2.12 bits per heavy atom. The summed E-state index contributed by atoms with van der Waals surface area (Å²) < 4.78 is 0. The number of aliphatic carboxylic acids is 1. The SMILES string of the molecule is C/C(CC1[C@@H](C(=O)O)C1(C)C)=N/OCC1CC1. The molecule has 0 aliphatic heterocycles. The van der Waals surface area contributed by atoms with Gasteiger partial charge in [-0.1, -0.05) is 19.0 Å². The first kappa shape index (κ1) is 12.4. The van der Waals surface area contributed by atoms with E-state index in [0.29, 0.717) is 12.5 Å². The zero-order valence-electron chi connectivity index (χ0n) is 10.8. The first-order valence-corrected chi connectivity index (χ1v) is 6.31. The number of carboxylic acid groups (broad SMARTS) is 1. The number of nitrogens with zero attached hydrogens (tertiary/aromatic N) is 1. The van der Waals surface area contributed by atoms with E-state index in [9.17, 15) is 4.79 Å². The van der Waals surface area contributed by atoms with Gasteiger partial charge in [-0.05, 0) is 43.4 Å². The molecule has 17 heavy (non-hydrogen) atoms. The van der Waals surface area contributed by atoms with E-state index in [1.165, 1.54) is 12.8 Å². The average Bonchev–Trinajstić information content (AvgIpc) is 3.06. The largest absolute Gasteiger partial charge is 0.481 e. The fourth-order valence-corrected chi connectivity index (χ4v) is 2.51. The van der Waals surface area contributed by atoms with Gasteiger partial charge in [-0.15, -0.1) is 0 Å². The number of carbonyl (C=O) groups is 1. The molecule has 2 aliphatic carbocycles. The van der Waals surface area contributed by atoms with Gasteiger partial charge in [0, 0.05) is 0 Å². The van der Waals surface area contributed by atoms with Crippen LogP contribution in [-0.4, -0.2) is 23.4 Å². The Bertz CT molecular complexity index is 345. The first-order chi connectivity index (χ1) is 7.93. The van der Waals surface area contributed by atoms with Crippen molar-refractivity contribution in [3.63, 3.8) is 0 Å². The molecule has 2 rings (SSSR count). The minimum absolute atomic E-state index is 0.0981. The zero-order valence-corrected chi connectivity index (χ0v) is 10.8. The molecule has 1 N–H and O–H groups in total. The van der Waals surface area contributed by atoms with Crippen molar-refractivity contribution in [2.45, 2.75) is 40.0 Å². The maximum absolute atomic E-state index is 11.0. The molecule has 2 atom stereocenters. The number of oxime groups is 1. The lowest BCUT2D eigenvalue weighted by atomic mass is 10.1. The molecule has 0 radical (unpaired) electrons. The molecule has 2 aliphatic rings. The molecule has 4 nitrogen and oxygen atoms in total. The number of hydrogen-bond acceptors (Lipinski definition) is 3. The third-order valence-corrected chi connectivity index (χ3v) is 4.06. The van der Waals surface area contributed by atoms with Gasteiger partial charge in [0.25, 0.3) is 0 Å². The van der Waals surface area contributed by atoms with Crippen LogP contribution >= 0.6 is 0 Å². The van der Waals surface area contributed by atoms with E-state index in [0.717, 1.165) is 12.1 Å². The third kappa shape index (κ3) is 2.79. The van der Waals surface area contributed by atoms with Crippen LogP contribution in [0.15, 0.2) is 5.16 Å². The molecule has 1 unspecified atom stereocenters. The summed E-state index contributed by atoms with van der Waals surface area (Å²) in [5, 5.41) is 13.1. The molecule has 96 valence electrons.